The molecule has 1 aliphatic rings. The average Bonchev–Trinajstić information content (AvgIpc) is 2.61. The maximum absolute atomic E-state index is 12.4. The fourth-order valence-electron chi connectivity index (χ4n) is 2.94. The molecule has 0 heterocycles. The van der Waals surface area contributed by atoms with Gasteiger partial charge in [-0.25, -0.2) is 0 Å². The zero-order valence-electron chi connectivity index (χ0n) is 15.2. The highest BCUT2D eigenvalue weighted by molar-refractivity contribution is 9.10. The van der Waals surface area contributed by atoms with Crippen LogP contribution in [0.3, 0.4) is 0 Å². The molecule has 1 aliphatic carbocycles. The second-order valence-electron chi connectivity index (χ2n) is 6.85. The van der Waals surface area contributed by atoms with Crippen molar-refractivity contribution < 1.29 is 19.1 Å². The molecule has 2 rings (SSSR count). The summed E-state index contributed by atoms with van der Waals surface area (Å²) >= 11 is 3.40. The van der Waals surface area contributed by atoms with E-state index in [1.807, 2.05) is 45.0 Å². The Morgan fingerprint density at radius 1 is 1.12 bits per heavy atom. The van der Waals surface area contributed by atoms with Gasteiger partial charge in [0.1, 0.15) is 12.2 Å². The van der Waals surface area contributed by atoms with Crippen LogP contribution in [0.5, 0.6) is 0 Å². The molecule has 1 saturated carbocycles. The van der Waals surface area contributed by atoms with Crippen LogP contribution in [0.2, 0.25) is 0 Å². The third-order valence-electron chi connectivity index (χ3n) is 4.94. The Bertz CT molecular complexity index is 576. The van der Waals surface area contributed by atoms with E-state index in [2.05, 4.69) is 15.9 Å². The lowest BCUT2D eigenvalue weighted by molar-refractivity contribution is -0.159. The second-order valence-corrected chi connectivity index (χ2v) is 7.77. The third-order valence-corrected chi connectivity index (χ3v) is 5.47. The first-order valence-electron chi connectivity index (χ1n) is 9.07. The minimum Gasteiger partial charge on any atom is -0.462 e. The van der Waals surface area contributed by atoms with Gasteiger partial charge in [0.15, 0.2) is 0 Å². The van der Waals surface area contributed by atoms with Crippen molar-refractivity contribution >= 4 is 27.9 Å². The van der Waals surface area contributed by atoms with E-state index in [1.165, 1.54) is 0 Å². The van der Waals surface area contributed by atoms with Gasteiger partial charge in [0, 0.05) is 4.47 Å². The maximum Gasteiger partial charge on any atom is 0.309 e. The van der Waals surface area contributed by atoms with Crippen molar-refractivity contribution in [2.24, 2.45) is 11.8 Å². The first-order valence-corrected chi connectivity index (χ1v) is 9.86. The number of carbonyl (C=O) groups is 2. The van der Waals surface area contributed by atoms with Crippen molar-refractivity contribution in [2.45, 2.75) is 65.1 Å². The topological polar surface area (TPSA) is 52.6 Å². The molecule has 1 aromatic rings. The van der Waals surface area contributed by atoms with Crippen molar-refractivity contribution in [1.82, 2.24) is 0 Å². The quantitative estimate of drug-likeness (QED) is 0.604. The van der Waals surface area contributed by atoms with E-state index >= 15 is 0 Å². The summed E-state index contributed by atoms with van der Waals surface area (Å²) in [6.45, 7) is 5.75. The largest absolute Gasteiger partial charge is 0.462 e. The molecule has 0 radical (unpaired) electrons. The van der Waals surface area contributed by atoms with Gasteiger partial charge in [-0.2, -0.15) is 0 Å². The highest BCUT2D eigenvalue weighted by Gasteiger charge is 2.30. The Labute approximate surface area is 158 Å². The van der Waals surface area contributed by atoms with Crippen LogP contribution in [-0.2, 0) is 19.1 Å². The molecule has 0 bridgehead atoms. The normalized spacial score (nSPS) is 22.7. The highest BCUT2D eigenvalue weighted by Crippen LogP contribution is 2.30. The number of carbonyl (C=O) groups excluding carboxylic acids is 2. The van der Waals surface area contributed by atoms with Crippen LogP contribution in [0.25, 0.3) is 0 Å². The van der Waals surface area contributed by atoms with Crippen molar-refractivity contribution in [2.75, 3.05) is 0 Å². The predicted molar refractivity (Wildman–Crippen MR) is 99.9 cm³/mol. The molecule has 0 aliphatic heterocycles. The van der Waals surface area contributed by atoms with E-state index in [0.29, 0.717) is 12.8 Å². The fraction of sp³-hybridized carbons (Fsp3) is 0.600. The van der Waals surface area contributed by atoms with Crippen LogP contribution >= 0.6 is 15.9 Å². The number of halogens is 1. The van der Waals surface area contributed by atoms with E-state index in [-0.39, 0.29) is 36.0 Å². The summed E-state index contributed by atoms with van der Waals surface area (Å²) in [5.41, 5.74) is 0.979. The minimum absolute atomic E-state index is 0.0607. The van der Waals surface area contributed by atoms with Crippen LogP contribution in [0.4, 0.5) is 0 Å². The van der Waals surface area contributed by atoms with Crippen molar-refractivity contribution in [3.63, 3.8) is 0 Å². The summed E-state index contributed by atoms with van der Waals surface area (Å²) in [7, 11) is 0. The monoisotopic (exact) mass is 410 g/mol. The summed E-state index contributed by atoms with van der Waals surface area (Å²) in [6.07, 6.45) is 3.35. The average molecular weight is 411 g/mol. The highest BCUT2D eigenvalue weighted by atomic mass is 79.9. The molecule has 2 atom stereocenters. The fourth-order valence-corrected chi connectivity index (χ4v) is 3.20. The van der Waals surface area contributed by atoms with E-state index in [4.69, 9.17) is 9.47 Å². The number of benzene rings is 1. The van der Waals surface area contributed by atoms with Gasteiger partial charge in [0.25, 0.3) is 0 Å². The van der Waals surface area contributed by atoms with Crippen molar-refractivity contribution in [3.8, 4) is 0 Å². The van der Waals surface area contributed by atoms with Gasteiger partial charge in [-0.05, 0) is 56.7 Å². The summed E-state index contributed by atoms with van der Waals surface area (Å²) in [5, 5.41) is 0. The van der Waals surface area contributed by atoms with E-state index < -0.39 is 0 Å². The first kappa shape index (κ1) is 20.0. The lowest BCUT2D eigenvalue weighted by atomic mass is 9.87. The number of ether oxygens (including phenoxy) is 2. The van der Waals surface area contributed by atoms with Gasteiger partial charge >= 0.3 is 11.9 Å². The standard InChI is InChI=1S/C20H27BrO4/c1-4-13(2)19(22)25-18-11-7-16(8-12-18)20(23)24-14(3)15-5-9-17(21)10-6-15/h5-6,9-10,13-14,16,18H,4,7-8,11-12H2,1-3H3. The van der Waals surface area contributed by atoms with Gasteiger partial charge in [0.05, 0.1) is 11.8 Å². The molecular weight excluding hydrogens is 384 g/mol. The Kier molecular flexibility index (Phi) is 7.48. The number of esters is 2. The lowest BCUT2D eigenvalue weighted by Crippen LogP contribution is -2.30. The van der Waals surface area contributed by atoms with Crippen LogP contribution in [-0.4, -0.2) is 18.0 Å². The molecule has 25 heavy (non-hydrogen) atoms. The summed E-state index contributed by atoms with van der Waals surface area (Å²) in [6, 6.07) is 7.79. The second kappa shape index (κ2) is 9.37. The molecule has 138 valence electrons. The SMILES string of the molecule is CCC(C)C(=O)OC1CCC(C(=O)OC(C)c2ccc(Br)cc2)CC1. The van der Waals surface area contributed by atoms with Crippen molar-refractivity contribution in [1.29, 1.82) is 0 Å². The number of hydrogen-bond donors (Lipinski definition) is 0. The molecule has 1 fully saturated rings. The predicted octanol–water partition coefficient (Wildman–Crippen LogP) is 5.20. The van der Waals surface area contributed by atoms with Gasteiger partial charge in [-0.3, -0.25) is 9.59 Å². The molecular formula is C20H27BrO4. The summed E-state index contributed by atoms with van der Waals surface area (Å²) in [5.74, 6) is -0.439. The van der Waals surface area contributed by atoms with Gasteiger partial charge in [-0.1, -0.05) is 41.9 Å². The van der Waals surface area contributed by atoms with Gasteiger partial charge in [-0.15, -0.1) is 0 Å². The summed E-state index contributed by atoms with van der Waals surface area (Å²) < 4.78 is 12.2. The molecule has 0 spiro atoms. The van der Waals surface area contributed by atoms with Gasteiger partial charge < -0.3 is 9.47 Å². The van der Waals surface area contributed by atoms with E-state index in [9.17, 15) is 9.59 Å². The maximum atomic E-state index is 12.4. The van der Waals surface area contributed by atoms with Gasteiger partial charge in [0.2, 0.25) is 0 Å². The molecule has 0 saturated heterocycles. The molecule has 0 amide bonds. The van der Waals surface area contributed by atoms with Crippen LogP contribution in [0.15, 0.2) is 28.7 Å². The van der Waals surface area contributed by atoms with E-state index in [0.717, 1.165) is 29.3 Å². The molecule has 5 heteroatoms. The Balaban J connectivity index is 1.79. The zero-order chi connectivity index (χ0) is 18.4. The van der Waals surface area contributed by atoms with Crippen molar-refractivity contribution in [3.05, 3.63) is 34.3 Å². The Morgan fingerprint density at radius 2 is 1.72 bits per heavy atom. The third kappa shape index (κ3) is 5.84. The molecule has 0 aromatic heterocycles. The first-order chi connectivity index (χ1) is 11.9. The van der Waals surface area contributed by atoms with Crippen LogP contribution in [0.1, 0.15) is 64.5 Å². The summed E-state index contributed by atoms with van der Waals surface area (Å²) in [4.78, 5) is 24.3. The molecule has 1 aromatic carbocycles. The molecule has 0 N–H and O–H groups in total. The smallest absolute Gasteiger partial charge is 0.309 e. The molecule has 4 nitrogen and oxygen atoms in total. The van der Waals surface area contributed by atoms with E-state index in [1.54, 1.807) is 0 Å². The number of rotatable bonds is 6. The number of hydrogen-bond acceptors (Lipinski definition) is 4. The minimum atomic E-state index is -0.262. The molecule has 2 unspecified atom stereocenters. The zero-order valence-corrected chi connectivity index (χ0v) is 16.8. The Hall–Kier alpha value is -1.36. The lowest BCUT2D eigenvalue weighted by Gasteiger charge is -2.28. The van der Waals surface area contributed by atoms with Crippen LogP contribution in [0, 0.1) is 11.8 Å². The van der Waals surface area contributed by atoms with Crippen LogP contribution < -0.4 is 0 Å². The Morgan fingerprint density at radius 3 is 2.28 bits per heavy atom.